The number of nitrogens with one attached hydrogen (secondary N) is 1. The molecule has 5 heteroatoms. The molecule has 1 atom stereocenters. The molecular weight excluding hydrogens is 188 g/mol. The Hall–Kier alpha value is -1.15. The molecule has 0 saturated carbocycles. The molecule has 1 N–H and O–H groups in total. The maximum Gasteiger partial charge on any atom is 0.279 e. The second-order valence-corrected chi connectivity index (χ2v) is 3.69. The molecule has 1 saturated heterocycles. The molecule has 1 rings (SSSR count). The van der Waals surface area contributed by atoms with Gasteiger partial charge < -0.3 is 10.2 Å². The number of carbonyl (C=O) groups excluding carboxylic acids is 2. The molecule has 0 aromatic heterocycles. The van der Waals surface area contributed by atoms with E-state index in [2.05, 4.69) is 11.2 Å². The summed E-state index contributed by atoms with van der Waals surface area (Å²) in [6.07, 6.45) is 5.06. The number of thioether (sulfide) groups is 1. The van der Waals surface area contributed by atoms with Crippen LogP contribution in [-0.2, 0) is 4.79 Å². The van der Waals surface area contributed by atoms with Crippen molar-refractivity contribution in [2.45, 2.75) is 6.04 Å². The van der Waals surface area contributed by atoms with E-state index in [0.29, 0.717) is 5.75 Å². The second kappa shape index (κ2) is 4.19. The lowest BCUT2D eigenvalue weighted by Gasteiger charge is -2.17. The lowest BCUT2D eigenvalue weighted by atomic mass is 10.3. The Morgan fingerprint density at radius 2 is 2.62 bits per heavy atom. The first-order valence-corrected chi connectivity index (χ1v) is 4.75. The lowest BCUT2D eigenvalue weighted by molar-refractivity contribution is -0.130. The van der Waals surface area contributed by atoms with E-state index >= 15 is 0 Å². The zero-order chi connectivity index (χ0) is 9.84. The first kappa shape index (κ1) is 9.93. The van der Waals surface area contributed by atoms with Gasteiger partial charge in [-0.2, -0.15) is 0 Å². The summed E-state index contributed by atoms with van der Waals surface area (Å²) in [4.78, 5) is 23.7. The standard InChI is InChI=1S/C8H10N2O2S/c1-3-4-10(2)7(11)6-5-13-8(12)9-6/h1,6H,4-5H2,2H3,(H,9,12). The highest BCUT2D eigenvalue weighted by Crippen LogP contribution is 2.14. The Bertz CT molecular complexity index is 272. The molecule has 0 spiro atoms. The number of hydrogen-bond acceptors (Lipinski definition) is 3. The van der Waals surface area contributed by atoms with Gasteiger partial charge in [-0.25, -0.2) is 0 Å². The van der Waals surface area contributed by atoms with E-state index in [9.17, 15) is 9.59 Å². The summed E-state index contributed by atoms with van der Waals surface area (Å²) in [5.41, 5.74) is 0. The highest BCUT2D eigenvalue weighted by molar-refractivity contribution is 8.14. The molecule has 0 bridgehead atoms. The van der Waals surface area contributed by atoms with Gasteiger partial charge in [-0.1, -0.05) is 17.7 Å². The fraction of sp³-hybridized carbons (Fsp3) is 0.500. The summed E-state index contributed by atoms with van der Waals surface area (Å²) >= 11 is 1.12. The predicted octanol–water partition coefficient (Wildman–Crippen LogP) is -0.0970. The number of terminal acetylenes is 1. The minimum Gasteiger partial charge on any atom is -0.334 e. The van der Waals surface area contributed by atoms with Gasteiger partial charge in [-0.3, -0.25) is 9.59 Å². The van der Waals surface area contributed by atoms with Crippen molar-refractivity contribution in [3.8, 4) is 12.3 Å². The molecule has 2 amide bonds. The Morgan fingerprint density at radius 1 is 1.92 bits per heavy atom. The number of hydrogen-bond donors (Lipinski definition) is 1. The molecule has 13 heavy (non-hydrogen) atoms. The van der Waals surface area contributed by atoms with Crippen LogP contribution in [0, 0.1) is 12.3 Å². The maximum absolute atomic E-state index is 11.5. The van der Waals surface area contributed by atoms with Crippen LogP contribution in [0.2, 0.25) is 0 Å². The van der Waals surface area contributed by atoms with Crippen LogP contribution >= 0.6 is 11.8 Å². The summed E-state index contributed by atoms with van der Waals surface area (Å²) in [7, 11) is 1.62. The molecular formula is C8H10N2O2S. The summed E-state index contributed by atoms with van der Waals surface area (Å²) in [5, 5.41) is 2.41. The minimum atomic E-state index is -0.407. The van der Waals surface area contributed by atoms with Gasteiger partial charge in [0, 0.05) is 12.8 Å². The quantitative estimate of drug-likeness (QED) is 0.630. The first-order chi connectivity index (χ1) is 6.15. The lowest BCUT2D eigenvalue weighted by Crippen LogP contribution is -2.43. The Balaban J connectivity index is 2.49. The van der Waals surface area contributed by atoms with Gasteiger partial charge in [0.05, 0.1) is 6.54 Å². The summed E-state index contributed by atoms with van der Waals surface area (Å²) < 4.78 is 0. The van der Waals surface area contributed by atoms with Crippen molar-refractivity contribution in [2.75, 3.05) is 19.3 Å². The van der Waals surface area contributed by atoms with Crippen LogP contribution in [-0.4, -0.2) is 41.4 Å². The zero-order valence-electron chi connectivity index (χ0n) is 7.24. The SMILES string of the molecule is C#CCN(C)C(=O)C1CSC(=O)N1. The average molecular weight is 198 g/mol. The van der Waals surface area contributed by atoms with Gasteiger partial charge in [0.1, 0.15) is 6.04 Å². The largest absolute Gasteiger partial charge is 0.334 e. The van der Waals surface area contributed by atoms with Gasteiger partial charge in [-0.15, -0.1) is 6.42 Å². The molecule has 1 aliphatic rings. The highest BCUT2D eigenvalue weighted by Gasteiger charge is 2.29. The zero-order valence-corrected chi connectivity index (χ0v) is 8.06. The van der Waals surface area contributed by atoms with Crippen LogP contribution in [0.1, 0.15) is 0 Å². The van der Waals surface area contributed by atoms with Gasteiger partial charge in [0.2, 0.25) is 5.91 Å². The van der Waals surface area contributed by atoms with Crippen LogP contribution in [0.15, 0.2) is 0 Å². The molecule has 1 heterocycles. The van der Waals surface area contributed by atoms with E-state index in [1.165, 1.54) is 4.90 Å². The first-order valence-electron chi connectivity index (χ1n) is 3.77. The van der Waals surface area contributed by atoms with Crippen molar-refractivity contribution >= 4 is 22.9 Å². The van der Waals surface area contributed by atoms with E-state index in [4.69, 9.17) is 6.42 Å². The second-order valence-electron chi connectivity index (χ2n) is 2.69. The molecule has 0 radical (unpaired) electrons. The molecule has 0 aliphatic carbocycles. The molecule has 1 fully saturated rings. The molecule has 0 aromatic rings. The summed E-state index contributed by atoms with van der Waals surface area (Å²) in [6.45, 7) is 0.274. The monoisotopic (exact) mass is 198 g/mol. The summed E-state index contributed by atoms with van der Waals surface area (Å²) in [6, 6.07) is -0.407. The number of nitrogens with zero attached hydrogens (tertiary/aromatic N) is 1. The van der Waals surface area contributed by atoms with Gasteiger partial charge >= 0.3 is 0 Å². The fourth-order valence-electron chi connectivity index (χ4n) is 0.999. The predicted molar refractivity (Wildman–Crippen MR) is 51.2 cm³/mol. The van der Waals surface area contributed by atoms with Gasteiger partial charge in [0.15, 0.2) is 0 Å². The third kappa shape index (κ3) is 2.39. The van der Waals surface area contributed by atoms with Crippen molar-refractivity contribution in [1.29, 1.82) is 0 Å². The molecule has 1 unspecified atom stereocenters. The van der Waals surface area contributed by atoms with Crippen LogP contribution in [0.25, 0.3) is 0 Å². The molecule has 4 nitrogen and oxygen atoms in total. The topological polar surface area (TPSA) is 49.4 Å². The number of amides is 2. The fourth-order valence-corrected chi connectivity index (χ4v) is 1.77. The van der Waals surface area contributed by atoms with Crippen LogP contribution < -0.4 is 5.32 Å². The number of rotatable bonds is 2. The van der Waals surface area contributed by atoms with Crippen LogP contribution in [0.4, 0.5) is 4.79 Å². The van der Waals surface area contributed by atoms with Crippen molar-refractivity contribution < 1.29 is 9.59 Å². The van der Waals surface area contributed by atoms with Crippen molar-refractivity contribution in [1.82, 2.24) is 10.2 Å². The van der Waals surface area contributed by atoms with E-state index in [1.54, 1.807) is 7.05 Å². The van der Waals surface area contributed by atoms with Crippen molar-refractivity contribution in [3.63, 3.8) is 0 Å². The number of carbonyl (C=O) groups is 2. The van der Waals surface area contributed by atoms with Crippen molar-refractivity contribution in [2.24, 2.45) is 0 Å². The van der Waals surface area contributed by atoms with E-state index in [-0.39, 0.29) is 17.7 Å². The van der Waals surface area contributed by atoms with Crippen LogP contribution in [0.5, 0.6) is 0 Å². The Morgan fingerprint density at radius 3 is 3.08 bits per heavy atom. The highest BCUT2D eigenvalue weighted by atomic mass is 32.2. The Kier molecular flexibility index (Phi) is 3.20. The third-order valence-corrected chi connectivity index (χ3v) is 2.56. The van der Waals surface area contributed by atoms with E-state index in [0.717, 1.165) is 11.8 Å². The normalized spacial score (nSPS) is 20.6. The summed E-state index contributed by atoms with van der Waals surface area (Å²) in [5.74, 6) is 2.73. The molecule has 0 aromatic carbocycles. The average Bonchev–Trinajstić information content (AvgIpc) is 2.51. The Labute approximate surface area is 81.0 Å². The molecule has 70 valence electrons. The van der Waals surface area contributed by atoms with Gasteiger partial charge in [0.25, 0.3) is 5.24 Å². The van der Waals surface area contributed by atoms with Crippen LogP contribution in [0.3, 0.4) is 0 Å². The smallest absolute Gasteiger partial charge is 0.279 e. The number of likely N-dealkylation sites (N-methyl/N-ethyl adjacent to an activating group) is 1. The van der Waals surface area contributed by atoms with Gasteiger partial charge in [-0.05, 0) is 0 Å². The van der Waals surface area contributed by atoms with E-state index in [1.807, 2.05) is 0 Å². The van der Waals surface area contributed by atoms with Crippen molar-refractivity contribution in [3.05, 3.63) is 0 Å². The molecule has 1 aliphatic heterocycles. The minimum absolute atomic E-state index is 0.128. The third-order valence-electron chi connectivity index (χ3n) is 1.68. The van der Waals surface area contributed by atoms with E-state index < -0.39 is 6.04 Å². The maximum atomic E-state index is 11.5.